The minimum absolute atomic E-state index is 0.00708. The smallest absolute Gasteiger partial charge is 0.266 e. The number of nitrogens with one attached hydrogen (secondary N) is 1. The number of hydrogen-bond donors (Lipinski definition) is 1. The summed E-state index contributed by atoms with van der Waals surface area (Å²) in [5.41, 5.74) is 4.80. The van der Waals surface area contributed by atoms with Crippen molar-refractivity contribution in [3.63, 3.8) is 0 Å². The molecule has 1 aliphatic heterocycles. The first kappa shape index (κ1) is 25.7. The summed E-state index contributed by atoms with van der Waals surface area (Å²) < 4.78 is 0. The average molecular weight is 576 g/mol. The molecule has 1 N–H and O–H groups in total. The van der Waals surface area contributed by atoms with E-state index in [0.29, 0.717) is 33.3 Å². The van der Waals surface area contributed by atoms with Gasteiger partial charge < -0.3 is 4.98 Å². The molecule has 1 unspecified atom stereocenters. The Morgan fingerprint density at radius 1 is 0.682 bits per heavy atom. The second kappa shape index (κ2) is 9.50. The fraction of sp³-hybridized carbons (Fsp3) is 0.0556. The van der Waals surface area contributed by atoms with E-state index in [9.17, 15) is 24.0 Å². The lowest BCUT2D eigenvalue weighted by atomic mass is 9.97. The fourth-order valence-corrected chi connectivity index (χ4v) is 6.19. The number of allylic oxidation sites excluding steroid dienone is 4. The summed E-state index contributed by atoms with van der Waals surface area (Å²) in [5, 5.41) is 0.369. The SMILES string of the molecule is O=C1c2ccc(-c3ccc4c(c3)C(=O)N(c3ccc(C5=CCC=C5)cc3)C4=O)cc2C(=O)C1c1nc2ccccc2c(=O)[nH]1. The summed E-state index contributed by atoms with van der Waals surface area (Å²) in [6, 6.07) is 23.9. The van der Waals surface area contributed by atoms with Crippen LogP contribution < -0.4 is 10.5 Å². The number of aromatic amines is 1. The van der Waals surface area contributed by atoms with Crippen LogP contribution in [0.15, 0.2) is 108 Å². The molecule has 4 aromatic carbocycles. The predicted molar refractivity (Wildman–Crippen MR) is 165 cm³/mol. The van der Waals surface area contributed by atoms with E-state index in [1.807, 2.05) is 18.2 Å². The second-order valence-electron chi connectivity index (χ2n) is 10.9. The Balaban J connectivity index is 1.11. The molecule has 8 nitrogen and oxygen atoms in total. The first-order chi connectivity index (χ1) is 21.4. The van der Waals surface area contributed by atoms with Crippen LogP contribution in [0.1, 0.15) is 65.2 Å². The van der Waals surface area contributed by atoms with Crippen LogP contribution >= 0.6 is 0 Å². The van der Waals surface area contributed by atoms with E-state index in [2.05, 4.69) is 22.1 Å². The summed E-state index contributed by atoms with van der Waals surface area (Å²) in [6.45, 7) is 0. The lowest BCUT2D eigenvalue weighted by Gasteiger charge is -2.14. The van der Waals surface area contributed by atoms with Crippen LogP contribution in [0.4, 0.5) is 5.69 Å². The van der Waals surface area contributed by atoms with Crippen molar-refractivity contribution in [2.24, 2.45) is 0 Å². The number of ketones is 2. The highest BCUT2D eigenvalue weighted by molar-refractivity contribution is 6.35. The summed E-state index contributed by atoms with van der Waals surface area (Å²) >= 11 is 0. The lowest BCUT2D eigenvalue weighted by Crippen LogP contribution is -2.29. The van der Waals surface area contributed by atoms with Gasteiger partial charge in [-0.3, -0.25) is 24.0 Å². The number of aromatic nitrogens is 2. The molecule has 1 atom stereocenters. The highest BCUT2D eigenvalue weighted by atomic mass is 16.2. The monoisotopic (exact) mass is 575 g/mol. The molecule has 2 aliphatic carbocycles. The van der Waals surface area contributed by atoms with Gasteiger partial charge in [0.25, 0.3) is 17.4 Å². The molecule has 8 heteroatoms. The van der Waals surface area contributed by atoms with Crippen LogP contribution in [-0.2, 0) is 0 Å². The molecular formula is C36H21N3O5. The van der Waals surface area contributed by atoms with Gasteiger partial charge in [-0.15, -0.1) is 0 Å². The number of carbonyl (C=O) groups excluding carboxylic acids is 4. The number of benzene rings is 4. The predicted octanol–water partition coefficient (Wildman–Crippen LogP) is 5.90. The number of nitrogens with zero attached hydrogens (tertiary/aromatic N) is 2. The molecule has 2 amide bonds. The first-order valence-corrected chi connectivity index (χ1v) is 14.1. The van der Waals surface area contributed by atoms with Gasteiger partial charge in [0.2, 0.25) is 0 Å². The summed E-state index contributed by atoms with van der Waals surface area (Å²) in [7, 11) is 0. The van der Waals surface area contributed by atoms with E-state index in [-0.39, 0.29) is 22.5 Å². The third-order valence-electron chi connectivity index (χ3n) is 8.43. The molecule has 0 saturated heterocycles. The molecule has 0 spiro atoms. The van der Waals surface area contributed by atoms with Crippen molar-refractivity contribution in [2.75, 3.05) is 4.90 Å². The molecule has 0 fully saturated rings. The van der Waals surface area contributed by atoms with Gasteiger partial charge in [0.1, 0.15) is 11.7 Å². The maximum absolute atomic E-state index is 13.5. The van der Waals surface area contributed by atoms with E-state index in [1.165, 1.54) is 4.90 Å². The number of Topliss-reactive ketones (excluding diaryl/α,β-unsaturated/α-hetero) is 2. The molecule has 3 aliphatic rings. The maximum Gasteiger partial charge on any atom is 0.266 e. The van der Waals surface area contributed by atoms with Crippen molar-refractivity contribution in [2.45, 2.75) is 12.3 Å². The average Bonchev–Trinajstić information content (AvgIpc) is 3.74. The van der Waals surface area contributed by atoms with Crippen molar-refractivity contribution >= 4 is 45.5 Å². The largest absolute Gasteiger partial charge is 0.309 e. The molecular weight excluding hydrogens is 554 g/mol. The molecule has 0 radical (unpaired) electrons. The van der Waals surface area contributed by atoms with Gasteiger partial charge in [0, 0.05) is 11.1 Å². The number of carbonyl (C=O) groups is 4. The van der Waals surface area contributed by atoms with E-state index in [1.54, 1.807) is 72.8 Å². The zero-order chi connectivity index (χ0) is 30.1. The Morgan fingerprint density at radius 3 is 2.09 bits per heavy atom. The van der Waals surface area contributed by atoms with Gasteiger partial charge in [0.15, 0.2) is 11.6 Å². The van der Waals surface area contributed by atoms with E-state index in [4.69, 9.17) is 0 Å². The van der Waals surface area contributed by atoms with Crippen LogP contribution in [0.25, 0.3) is 27.6 Å². The van der Waals surface area contributed by atoms with Crippen LogP contribution in [0, 0.1) is 0 Å². The third kappa shape index (κ3) is 3.78. The Labute approximate surface area is 250 Å². The second-order valence-corrected chi connectivity index (χ2v) is 10.9. The number of fused-ring (bicyclic) bond motifs is 3. The van der Waals surface area contributed by atoms with Gasteiger partial charge >= 0.3 is 0 Å². The van der Waals surface area contributed by atoms with Crippen molar-refractivity contribution in [1.82, 2.24) is 9.97 Å². The number of imide groups is 1. The number of amides is 2. The zero-order valence-electron chi connectivity index (χ0n) is 23.0. The Morgan fingerprint density at radius 2 is 1.34 bits per heavy atom. The number of H-pyrrole nitrogens is 1. The lowest BCUT2D eigenvalue weighted by molar-refractivity contribution is 0.0880. The summed E-state index contributed by atoms with van der Waals surface area (Å²) in [4.78, 5) is 74.5. The molecule has 1 aromatic heterocycles. The molecule has 5 aromatic rings. The van der Waals surface area contributed by atoms with Gasteiger partial charge in [-0.1, -0.05) is 60.7 Å². The fourth-order valence-electron chi connectivity index (χ4n) is 6.19. The number of hydrogen-bond acceptors (Lipinski definition) is 6. The highest BCUT2D eigenvalue weighted by Gasteiger charge is 2.42. The van der Waals surface area contributed by atoms with Crippen LogP contribution in [-0.4, -0.2) is 33.3 Å². The molecule has 2 heterocycles. The van der Waals surface area contributed by atoms with Crippen molar-refractivity contribution in [3.05, 3.63) is 147 Å². The van der Waals surface area contributed by atoms with E-state index in [0.717, 1.165) is 17.6 Å². The first-order valence-electron chi connectivity index (χ1n) is 14.1. The number of para-hydroxylation sites is 1. The standard InChI is InChI=1S/C36H21N3O5/c40-31-24-15-11-21(17-27(24)32(41)30(31)33-37-29-8-4-3-7-26(29)34(42)38-33)22-12-16-25-28(18-22)36(44)39(35(25)43)23-13-9-20(10-14-23)19-5-1-2-6-19/h1,3-18,30H,2H2,(H,37,38,42). The highest BCUT2D eigenvalue weighted by Crippen LogP contribution is 2.37. The Kier molecular flexibility index (Phi) is 5.54. The van der Waals surface area contributed by atoms with Crippen molar-refractivity contribution in [1.29, 1.82) is 0 Å². The van der Waals surface area contributed by atoms with Crippen LogP contribution in [0.5, 0.6) is 0 Å². The zero-order valence-corrected chi connectivity index (χ0v) is 23.0. The van der Waals surface area contributed by atoms with Gasteiger partial charge in [-0.25, -0.2) is 9.88 Å². The minimum Gasteiger partial charge on any atom is -0.309 e. The molecule has 0 bridgehead atoms. The van der Waals surface area contributed by atoms with Gasteiger partial charge in [0.05, 0.1) is 27.7 Å². The molecule has 0 saturated carbocycles. The van der Waals surface area contributed by atoms with Crippen LogP contribution in [0.3, 0.4) is 0 Å². The Hall–Kier alpha value is -6.02. The third-order valence-corrected chi connectivity index (χ3v) is 8.43. The number of rotatable bonds is 4. The number of anilines is 1. The van der Waals surface area contributed by atoms with Gasteiger partial charge in [-0.2, -0.15) is 0 Å². The molecule has 210 valence electrons. The molecule has 44 heavy (non-hydrogen) atoms. The molecule has 8 rings (SSSR count). The summed E-state index contributed by atoms with van der Waals surface area (Å²) in [6.07, 6.45) is 7.11. The normalized spacial score (nSPS) is 17.0. The van der Waals surface area contributed by atoms with Crippen molar-refractivity contribution in [3.8, 4) is 11.1 Å². The topological polar surface area (TPSA) is 117 Å². The Bertz CT molecular complexity index is 2260. The van der Waals surface area contributed by atoms with E-state index < -0.39 is 34.9 Å². The minimum atomic E-state index is -1.25. The quantitative estimate of drug-likeness (QED) is 0.211. The van der Waals surface area contributed by atoms with Crippen molar-refractivity contribution < 1.29 is 19.2 Å². The van der Waals surface area contributed by atoms with Gasteiger partial charge in [-0.05, 0) is 71.1 Å². The summed E-state index contributed by atoms with van der Waals surface area (Å²) in [5.74, 6) is -2.98. The maximum atomic E-state index is 13.5. The van der Waals surface area contributed by atoms with E-state index >= 15 is 0 Å². The van der Waals surface area contributed by atoms with Crippen LogP contribution in [0.2, 0.25) is 0 Å².